The molecule has 0 aliphatic rings. The van der Waals surface area contributed by atoms with Crippen LogP contribution in [-0.4, -0.2) is 23.0 Å². The summed E-state index contributed by atoms with van der Waals surface area (Å²) >= 11 is 9.82. The summed E-state index contributed by atoms with van der Waals surface area (Å²) in [4.78, 5) is 18.4. The summed E-state index contributed by atoms with van der Waals surface area (Å²) in [6, 6.07) is 23.8. The van der Waals surface area contributed by atoms with Gasteiger partial charge in [-0.25, -0.2) is 9.37 Å². The van der Waals surface area contributed by atoms with Gasteiger partial charge in [0.25, 0.3) is 5.56 Å². The predicted molar refractivity (Wildman–Crippen MR) is 161 cm³/mol. The van der Waals surface area contributed by atoms with Gasteiger partial charge in [-0.2, -0.15) is 9.78 Å². The zero-order chi connectivity index (χ0) is 28.5. The Bertz CT molecular complexity index is 2020. The van der Waals surface area contributed by atoms with Crippen molar-refractivity contribution in [3.63, 3.8) is 0 Å². The third-order valence-electron chi connectivity index (χ3n) is 6.39. The average Bonchev–Trinajstić information content (AvgIpc) is 3.41. The predicted octanol–water partition coefficient (Wildman–Crippen LogP) is 7.83. The van der Waals surface area contributed by atoms with E-state index in [-0.39, 0.29) is 18.2 Å². The van der Waals surface area contributed by atoms with E-state index >= 15 is 0 Å². The normalized spacial score (nSPS) is 11.5. The van der Waals surface area contributed by atoms with Crippen LogP contribution in [0.2, 0.25) is 5.02 Å². The molecule has 0 atom stereocenters. The summed E-state index contributed by atoms with van der Waals surface area (Å²) in [5, 5.41) is 6.04. The van der Waals surface area contributed by atoms with Crippen molar-refractivity contribution < 1.29 is 18.3 Å². The van der Waals surface area contributed by atoms with Gasteiger partial charge in [-0.3, -0.25) is 4.79 Å². The molecule has 6 rings (SSSR count). The largest absolute Gasteiger partial charge is 0.496 e. The minimum atomic E-state index is -0.399. The minimum Gasteiger partial charge on any atom is -0.496 e. The molecular weight excluding hydrogens is 613 g/mol. The van der Waals surface area contributed by atoms with Crippen molar-refractivity contribution in [1.29, 1.82) is 0 Å². The fraction of sp³-hybridized carbons (Fsp3) is 0.0645. The van der Waals surface area contributed by atoms with Crippen LogP contribution < -0.4 is 15.0 Å². The molecule has 0 aliphatic carbocycles. The standard InChI is InChI=1S/C31H20BrClFN3O4/c1-39-26-11-6-12-27-22(26)15-28(41-27)30-36-25-10-5-3-8-21(25)31(38)37(30)35-16-19-13-20(33)14-23(32)29(19)40-17-18-7-2-4-9-24(18)34/h2-16H,17H2,1H3. The average molecular weight is 633 g/mol. The van der Waals surface area contributed by atoms with Gasteiger partial charge >= 0.3 is 0 Å². The summed E-state index contributed by atoms with van der Waals surface area (Å²) in [6.07, 6.45) is 1.44. The molecule has 0 amide bonds. The maximum atomic E-state index is 14.2. The Morgan fingerprint density at radius 2 is 1.85 bits per heavy atom. The number of nitrogens with zero attached hydrogens (tertiary/aromatic N) is 3. The molecule has 0 unspecified atom stereocenters. The molecule has 6 aromatic rings. The lowest BCUT2D eigenvalue weighted by Crippen LogP contribution is -2.20. The zero-order valence-electron chi connectivity index (χ0n) is 21.5. The topological polar surface area (TPSA) is 78.9 Å². The van der Waals surface area contributed by atoms with E-state index in [0.717, 1.165) is 5.39 Å². The quantitative estimate of drug-likeness (QED) is 0.168. The van der Waals surface area contributed by atoms with E-state index < -0.39 is 5.56 Å². The third kappa shape index (κ3) is 5.21. The van der Waals surface area contributed by atoms with Crippen LogP contribution in [0.5, 0.6) is 11.5 Å². The second-order valence-corrected chi connectivity index (χ2v) is 10.3. The Labute approximate surface area is 246 Å². The maximum absolute atomic E-state index is 14.2. The van der Waals surface area contributed by atoms with Gasteiger partial charge in [0.2, 0.25) is 5.82 Å². The highest BCUT2D eigenvalue weighted by Gasteiger charge is 2.18. The first-order valence-corrected chi connectivity index (χ1v) is 13.6. The van der Waals surface area contributed by atoms with E-state index in [1.54, 1.807) is 73.8 Å². The highest BCUT2D eigenvalue weighted by Crippen LogP contribution is 2.34. The molecule has 41 heavy (non-hydrogen) atoms. The van der Waals surface area contributed by atoms with Crippen molar-refractivity contribution in [2.24, 2.45) is 5.10 Å². The van der Waals surface area contributed by atoms with Crippen LogP contribution in [0.4, 0.5) is 4.39 Å². The van der Waals surface area contributed by atoms with E-state index in [1.807, 2.05) is 12.1 Å². The Hall–Kier alpha value is -4.47. The second kappa shape index (κ2) is 11.2. The van der Waals surface area contributed by atoms with Crippen LogP contribution in [-0.2, 0) is 6.61 Å². The van der Waals surface area contributed by atoms with Crippen molar-refractivity contribution in [3.05, 3.63) is 122 Å². The molecule has 0 fully saturated rings. The Balaban J connectivity index is 1.48. The van der Waals surface area contributed by atoms with Crippen LogP contribution >= 0.6 is 27.5 Å². The fourth-order valence-electron chi connectivity index (χ4n) is 4.43. The molecule has 2 heterocycles. The van der Waals surface area contributed by atoms with Gasteiger partial charge in [-0.1, -0.05) is 48.0 Å². The van der Waals surface area contributed by atoms with E-state index in [2.05, 4.69) is 21.0 Å². The first-order chi connectivity index (χ1) is 19.9. The van der Waals surface area contributed by atoms with Crippen LogP contribution in [0.3, 0.4) is 0 Å². The van der Waals surface area contributed by atoms with E-state index in [9.17, 15) is 9.18 Å². The summed E-state index contributed by atoms with van der Waals surface area (Å²) in [5.41, 5.74) is 1.50. The fourth-order valence-corrected chi connectivity index (χ4v) is 5.37. The highest BCUT2D eigenvalue weighted by molar-refractivity contribution is 9.10. The van der Waals surface area contributed by atoms with Crippen molar-refractivity contribution in [2.45, 2.75) is 6.61 Å². The van der Waals surface area contributed by atoms with Crippen LogP contribution in [0.15, 0.2) is 104 Å². The summed E-state index contributed by atoms with van der Waals surface area (Å²) < 4.78 is 33.5. The SMILES string of the molecule is COc1cccc2oc(-c3nc4ccccc4c(=O)n3N=Cc3cc(Cl)cc(Br)c3OCc3ccccc3F)cc12. The first-order valence-electron chi connectivity index (χ1n) is 12.4. The third-order valence-corrected chi connectivity index (χ3v) is 7.20. The van der Waals surface area contributed by atoms with Crippen molar-refractivity contribution in [1.82, 2.24) is 9.66 Å². The lowest BCUT2D eigenvalue weighted by atomic mass is 10.2. The van der Waals surface area contributed by atoms with E-state index in [0.29, 0.717) is 54.4 Å². The molecule has 10 heteroatoms. The molecule has 0 bridgehead atoms. The number of halogens is 3. The van der Waals surface area contributed by atoms with E-state index in [1.165, 1.54) is 17.0 Å². The summed E-state index contributed by atoms with van der Waals surface area (Å²) in [6.45, 7) is -0.0305. The highest BCUT2D eigenvalue weighted by atomic mass is 79.9. The maximum Gasteiger partial charge on any atom is 0.282 e. The number of ether oxygens (including phenoxy) is 2. The van der Waals surface area contributed by atoms with E-state index in [4.69, 9.17) is 30.5 Å². The number of hydrogen-bond acceptors (Lipinski definition) is 6. The van der Waals surface area contributed by atoms with Crippen LogP contribution in [0.25, 0.3) is 33.5 Å². The summed E-state index contributed by atoms with van der Waals surface area (Å²) in [7, 11) is 1.57. The minimum absolute atomic E-state index is 0.0305. The lowest BCUT2D eigenvalue weighted by molar-refractivity contribution is 0.297. The summed E-state index contributed by atoms with van der Waals surface area (Å²) in [5.74, 6) is 1.13. The second-order valence-electron chi connectivity index (χ2n) is 8.98. The smallest absolute Gasteiger partial charge is 0.282 e. The van der Waals surface area contributed by atoms with Crippen LogP contribution in [0, 0.1) is 5.82 Å². The molecule has 2 aromatic heterocycles. The molecule has 7 nitrogen and oxygen atoms in total. The molecular formula is C31H20BrClFN3O4. The lowest BCUT2D eigenvalue weighted by Gasteiger charge is -2.13. The number of methoxy groups -OCH3 is 1. The number of furan rings is 1. The Morgan fingerprint density at radius 3 is 2.68 bits per heavy atom. The molecule has 4 aromatic carbocycles. The molecule has 0 radical (unpaired) electrons. The number of para-hydroxylation sites is 1. The number of fused-ring (bicyclic) bond motifs is 2. The number of hydrogen-bond donors (Lipinski definition) is 0. The molecule has 204 valence electrons. The van der Waals surface area contributed by atoms with Gasteiger partial charge in [0.05, 0.1) is 34.1 Å². The number of rotatable bonds is 7. The van der Waals surface area contributed by atoms with Gasteiger partial charge in [0, 0.05) is 16.1 Å². The van der Waals surface area contributed by atoms with Crippen LogP contribution in [0.1, 0.15) is 11.1 Å². The van der Waals surface area contributed by atoms with Crippen molar-refractivity contribution >= 4 is 55.6 Å². The van der Waals surface area contributed by atoms with Gasteiger partial charge in [0.15, 0.2) is 5.76 Å². The molecule has 0 aliphatic heterocycles. The molecule has 0 saturated carbocycles. The molecule has 0 saturated heterocycles. The Kier molecular flexibility index (Phi) is 7.30. The van der Waals surface area contributed by atoms with Gasteiger partial charge in [0.1, 0.15) is 29.5 Å². The van der Waals surface area contributed by atoms with Gasteiger partial charge in [-0.15, -0.1) is 0 Å². The number of benzene rings is 4. The monoisotopic (exact) mass is 631 g/mol. The van der Waals surface area contributed by atoms with Crippen molar-refractivity contribution in [2.75, 3.05) is 7.11 Å². The molecule has 0 N–H and O–H groups in total. The van der Waals surface area contributed by atoms with Crippen molar-refractivity contribution in [3.8, 4) is 23.1 Å². The first kappa shape index (κ1) is 26.7. The van der Waals surface area contributed by atoms with Gasteiger partial charge < -0.3 is 13.9 Å². The Morgan fingerprint density at radius 1 is 1.05 bits per heavy atom. The molecule has 0 spiro atoms. The van der Waals surface area contributed by atoms with Gasteiger partial charge in [-0.05, 0) is 64.5 Å². The zero-order valence-corrected chi connectivity index (χ0v) is 23.8. The number of aromatic nitrogens is 2.